The van der Waals surface area contributed by atoms with Gasteiger partial charge in [-0.05, 0) is 33.7 Å². The van der Waals surface area contributed by atoms with Gasteiger partial charge in [0.05, 0.1) is 14.1 Å². The Hall–Kier alpha value is -2.62. The third-order valence-electron chi connectivity index (χ3n) is 4.94. The summed E-state index contributed by atoms with van der Waals surface area (Å²) in [6.45, 7) is 0. The quantitative estimate of drug-likeness (QED) is 0.283. The summed E-state index contributed by atoms with van der Waals surface area (Å²) in [7, 11) is 0. The zero-order valence-electron chi connectivity index (χ0n) is 13.1. The average molecular weight is 356 g/mol. The number of hydrogen-bond acceptors (Lipinski definition) is 3. The second kappa shape index (κ2) is 4.72. The Morgan fingerprint density at radius 2 is 1.36 bits per heavy atom. The van der Waals surface area contributed by atoms with Crippen LogP contribution in [0.2, 0.25) is 0 Å². The van der Waals surface area contributed by atoms with Crippen molar-refractivity contribution in [2.45, 2.75) is 0 Å². The van der Waals surface area contributed by atoms with Gasteiger partial charge in [0.1, 0.15) is 5.75 Å². The van der Waals surface area contributed by atoms with Crippen LogP contribution in [0.25, 0.3) is 51.1 Å². The molecule has 118 valence electrons. The summed E-state index contributed by atoms with van der Waals surface area (Å²) in [5, 5.41) is 18.0. The maximum Gasteiger partial charge on any atom is 0.134 e. The minimum absolute atomic E-state index is 0.385. The topological polar surface area (TPSA) is 20.2 Å². The lowest BCUT2D eigenvalue weighted by Gasteiger charge is -2.07. The summed E-state index contributed by atoms with van der Waals surface area (Å²) >= 11 is 3.54. The monoisotopic (exact) mass is 356 g/mol. The number of fused-ring (bicyclic) bond motifs is 9. The Kier molecular flexibility index (Phi) is 2.58. The van der Waals surface area contributed by atoms with Crippen molar-refractivity contribution in [2.75, 3.05) is 0 Å². The molecule has 1 N–H and O–H groups in total. The van der Waals surface area contributed by atoms with Gasteiger partial charge in [0, 0.05) is 15.5 Å². The summed E-state index contributed by atoms with van der Waals surface area (Å²) in [6.07, 6.45) is 0. The van der Waals surface area contributed by atoms with Crippen LogP contribution in [0.1, 0.15) is 0 Å². The molecule has 0 unspecified atom stereocenters. The van der Waals surface area contributed by atoms with E-state index in [0.29, 0.717) is 5.75 Å². The highest BCUT2D eigenvalue weighted by molar-refractivity contribution is 7.37. The van der Waals surface area contributed by atoms with Crippen LogP contribution in [-0.2, 0) is 0 Å². The first-order chi connectivity index (χ1) is 12.3. The van der Waals surface area contributed by atoms with E-state index in [4.69, 9.17) is 0 Å². The molecule has 2 heterocycles. The molecule has 2 aromatic heterocycles. The van der Waals surface area contributed by atoms with Crippen molar-refractivity contribution < 1.29 is 5.11 Å². The lowest BCUT2D eigenvalue weighted by atomic mass is 9.99. The van der Waals surface area contributed by atoms with E-state index in [2.05, 4.69) is 60.7 Å². The molecule has 0 radical (unpaired) electrons. The largest absolute Gasteiger partial charge is 0.506 e. The van der Waals surface area contributed by atoms with Gasteiger partial charge in [-0.2, -0.15) is 0 Å². The molecule has 0 spiro atoms. The third-order valence-corrected chi connectivity index (χ3v) is 7.51. The van der Waals surface area contributed by atoms with Crippen LogP contribution in [-0.4, -0.2) is 5.11 Å². The van der Waals surface area contributed by atoms with E-state index < -0.39 is 0 Å². The maximum atomic E-state index is 10.6. The standard InChI is InChI=1S/C22H12OS2/c23-16-11-13-10-9-12-5-1-2-6-14(12)18(13)19-21(16)25-20-15-7-3-4-8-17(15)24-22(19)20/h1-11,23H. The first kappa shape index (κ1) is 13.6. The summed E-state index contributed by atoms with van der Waals surface area (Å²) in [5.74, 6) is 0.385. The molecule has 0 aliphatic heterocycles. The van der Waals surface area contributed by atoms with Gasteiger partial charge in [-0.25, -0.2) is 0 Å². The van der Waals surface area contributed by atoms with Gasteiger partial charge in [-0.15, -0.1) is 22.7 Å². The van der Waals surface area contributed by atoms with Crippen LogP contribution in [0.5, 0.6) is 5.75 Å². The number of phenols is 1. The van der Waals surface area contributed by atoms with Gasteiger partial charge in [0.2, 0.25) is 0 Å². The number of rotatable bonds is 0. The van der Waals surface area contributed by atoms with Crippen LogP contribution < -0.4 is 0 Å². The van der Waals surface area contributed by atoms with Crippen LogP contribution in [0.3, 0.4) is 0 Å². The molecule has 25 heavy (non-hydrogen) atoms. The molecule has 0 atom stereocenters. The highest BCUT2D eigenvalue weighted by Gasteiger charge is 2.18. The van der Waals surface area contributed by atoms with Crippen molar-refractivity contribution >= 4 is 73.8 Å². The molecule has 4 aromatic carbocycles. The summed E-state index contributed by atoms with van der Waals surface area (Å²) < 4.78 is 4.88. The summed E-state index contributed by atoms with van der Waals surface area (Å²) in [4.78, 5) is 0. The molecule has 6 aromatic rings. The molecule has 0 aliphatic carbocycles. The van der Waals surface area contributed by atoms with Crippen LogP contribution in [0, 0.1) is 0 Å². The summed E-state index contributed by atoms with van der Waals surface area (Å²) in [6, 6.07) is 23.2. The zero-order chi connectivity index (χ0) is 16.5. The Morgan fingerprint density at radius 1 is 0.600 bits per heavy atom. The molecule has 0 aliphatic rings. The molecule has 0 bridgehead atoms. The highest BCUT2D eigenvalue weighted by Crippen LogP contribution is 2.50. The number of hydrogen-bond donors (Lipinski definition) is 1. The molecule has 0 saturated heterocycles. The zero-order valence-corrected chi connectivity index (χ0v) is 14.7. The summed E-state index contributed by atoms with van der Waals surface area (Å²) in [5.41, 5.74) is 0. The lowest BCUT2D eigenvalue weighted by molar-refractivity contribution is 0.483. The lowest BCUT2D eigenvalue weighted by Crippen LogP contribution is -1.79. The predicted octanol–water partition coefficient (Wildman–Crippen LogP) is 7.28. The van der Waals surface area contributed by atoms with Crippen molar-refractivity contribution in [3.05, 3.63) is 66.7 Å². The van der Waals surface area contributed by atoms with E-state index in [1.54, 1.807) is 11.3 Å². The molecule has 3 heteroatoms. The van der Waals surface area contributed by atoms with Gasteiger partial charge in [0.25, 0.3) is 0 Å². The fourth-order valence-electron chi connectivity index (χ4n) is 3.85. The van der Waals surface area contributed by atoms with E-state index in [1.807, 2.05) is 17.4 Å². The van der Waals surface area contributed by atoms with Gasteiger partial charge in [-0.1, -0.05) is 54.6 Å². The van der Waals surface area contributed by atoms with Crippen molar-refractivity contribution in [3.8, 4) is 5.75 Å². The van der Waals surface area contributed by atoms with Crippen molar-refractivity contribution in [2.24, 2.45) is 0 Å². The van der Waals surface area contributed by atoms with Crippen LogP contribution >= 0.6 is 22.7 Å². The molecule has 6 rings (SSSR count). The van der Waals surface area contributed by atoms with E-state index in [1.165, 1.54) is 41.0 Å². The number of benzene rings is 4. The fraction of sp³-hybridized carbons (Fsp3) is 0. The van der Waals surface area contributed by atoms with E-state index in [0.717, 1.165) is 10.1 Å². The first-order valence-corrected chi connectivity index (χ1v) is 9.82. The first-order valence-electron chi connectivity index (χ1n) is 8.18. The Balaban J connectivity index is 1.99. The molecule has 0 amide bonds. The van der Waals surface area contributed by atoms with Crippen molar-refractivity contribution in [3.63, 3.8) is 0 Å². The number of phenolic OH excluding ortho intramolecular Hbond substituents is 1. The Bertz CT molecular complexity index is 1450. The average Bonchev–Trinajstić information content (AvgIpc) is 3.18. The van der Waals surface area contributed by atoms with E-state index >= 15 is 0 Å². The Morgan fingerprint density at radius 3 is 2.28 bits per heavy atom. The second-order valence-electron chi connectivity index (χ2n) is 6.34. The van der Waals surface area contributed by atoms with Gasteiger partial charge in [0.15, 0.2) is 0 Å². The highest BCUT2D eigenvalue weighted by atomic mass is 32.1. The number of aromatic hydroxyl groups is 1. The Labute approximate surface area is 151 Å². The van der Waals surface area contributed by atoms with Crippen LogP contribution in [0.4, 0.5) is 0 Å². The second-order valence-corrected chi connectivity index (χ2v) is 8.42. The smallest absolute Gasteiger partial charge is 0.134 e. The number of thiophene rings is 2. The van der Waals surface area contributed by atoms with Crippen molar-refractivity contribution in [1.82, 2.24) is 0 Å². The van der Waals surface area contributed by atoms with E-state index in [-0.39, 0.29) is 0 Å². The predicted molar refractivity (Wildman–Crippen MR) is 111 cm³/mol. The fourth-order valence-corrected chi connectivity index (χ4v) is 6.54. The molecular weight excluding hydrogens is 344 g/mol. The SMILES string of the molecule is Oc1cc2ccc3ccccc3c2c2c1sc1c3ccccc3sc12. The normalized spacial score (nSPS) is 12.2. The maximum absolute atomic E-state index is 10.6. The molecule has 0 fully saturated rings. The van der Waals surface area contributed by atoms with Gasteiger partial charge < -0.3 is 5.11 Å². The van der Waals surface area contributed by atoms with Gasteiger partial charge >= 0.3 is 0 Å². The minimum atomic E-state index is 0.385. The van der Waals surface area contributed by atoms with E-state index in [9.17, 15) is 5.11 Å². The third kappa shape index (κ3) is 1.72. The molecule has 0 saturated carbocycles. The van der Waals surface area contributed by atoms with Crippen LogP contribution in [0.15, 0.2) is 66.7 Å². The molecule has 1 nitrogen and oxygen atoms in total. The minimum Gasteiger partial charge on any atom is -0.506 e. The van der Waals surface area contributed by atoms with Crippen molar-refractivity contribution in [1.29, 1.82) is 0 Å². The van der Waals surface area contributed by atoms with Gasteiger partial charge in [-0.3, -0.25) is 0 Å². The molecular formula is C22H12OS2.